The molecule has 1 rings (SSSR count). The van der Waals surface area contributed by atoms with E-state index in [9.17, 15) is 4.79 Å². The Kier molecular flexibility index (Phi) is 6.12. The number of amides is 1. The summed E-state index contributed by atoms with van der Waals surface area (Å²) in [6.45, 7) is 0.714. The summed E-state index contributed by atoms with van der Waals surface area (Å²) in [6, 6.07) is 5.29. The number of ether oxygens (including phenoxy) is 1. The van der Waals surface area contributed by atoms with Gasteiger partial charge in [0.15, 0.2) is 0 Å². The van der Waals surface area contributed by atoms with Crippen LogP contribution < -0.4 is 10.1 Å². The number of alkyl halides is 1. The zero-order chi connectivity index (χ0) is 12.0. The van der Waals surface area contributed by atoms with Crippen LogP contribution in [0.2, 0.25) is 0 Å². The highest BCUT2D eigenvalue weighted by Gasteiger charge is 2.07. The van der Waals surface area contributed by atoms with Gasteiger partial charge in [-0.3, -0.25) is 4.79 Å². The maximum Gasteiger partial charge on any atom is 0.251 e. The fourth-order valence-electron chi connectivity index (χ4n) is 1.18. The van der Waals surface area contributed by atoms with Crippen LogP contribution in [0.15, 0.2) is 22.7 Å². The number of carbonyl (C=O) groups is 1. The Morgan fingerprint density at radius 3 is 2.88 bits per heavy atom. The molecule has 0 saturated carbocycles. The summed E-state index contributed by atoms with van der Waals surface area (Å²) < 4.78 is 6.93. The van der Waals surface area contributed by atoms with Crippen molar-refractivity contribution in [3.05, 3.63) is 28.2 Å². The first kappa shape index (κ1) is 13.8. The summed E-state index contributed by atoms with van der Waals surface area (Å²) >= 11 is 5.64. The first-order chi connectivity index (χ1) is 7.69. The van der Waals surface area contributed by atoms with Crippen LogP contribution in [0.4, 0.5) is 0 Å². The molecule has 0 saturated heterocycles. The van der Waals surface area contributed by atoms with Gasteiger partial charge in [-0.2, -0.15) is 0 Å². The second-order valence-corrected chi connectivity index (χ2v) is 5.08. The summed E-state index contributed by atoms with van der Waals surface area (Å²) in [5.41, 5.74) is 0.640. The van der Waals surface area contributed by atoms with E-state index in [4.69, 9.17) is 4.74 Å². The molecule has 0 aliphatic rings. The summed E-state index contributed by atoms with van der Waals surface area (Å²) in [6.07, 6.45) is 0.990. The van der Waals surface area contributed by atoms with Gasteiger partial charge in [-0.05, 0) is 40.5 Å². The predicted molar refractivity (Wildman–Crippen MR) is 76.5 cm³/mol. The molecule has 16 heavy (non-hydrogen) atoms. The van der Waals surface area contributed by atoms with Crippen molar-refractivity contribution in [1.29, 1.82) is 0 Å². The van der Waals surface area contributed by atoms with Gasteiger partial charge < -0.3 is 10.1 Å². The fourth-order valence-corrected chi connectivity index (χ4v) is 2.10. The summed E-state index contributed by atoms with van der Waals surface area (Å²) in [4.78, 5) is 11.7. The van der Waals surface area contributed by atoms with Crippen molar-refractivity contribution in [1.82, 2.24) is 5.32 Å². The molecule has 5 heteroatoms. The van der Waals surface area contributed by atoms with Crippen molar-refractivity contribution in [2.45, 2.75) is 6.42 Å². The molecule has 1 amide bonds. The van der Waals surface area contributed by atoms with E-state index in [1.165, 1.54) is 0 Å². The van der Waals surface area contributed by atoms with Crippen LogP contribution in [0.25, 0.3) is 0 Å². The summed E-state index contributed by atoms with van der Waals surface area (Å²) in [5.74, 6) is 0.678. The Labute approximate surface area is 117 Å². The molecule has 0 aromatic heterocycles. The third-order valence-corrected chi connectivity index (χ3v) is 3.39. The largest absolute Gasteiger partial charge is 0.496 e. The maximum atomic E-state index is 11.7. The van der Waals surface area contributed by atoms with Gasteiger partial charge in [0.05, 0.1) is 11.6 Å². The number of carbonyl (C=O) groups excluding carboxylic acids is 1. The molecular formula is C11H13BrINO2. The van der Waals surface area contributed by atoms with Crippen LogP contribution in [0.1, 0.15) is 16.8 Å². The molecule has 88 valence electrons. The lowest BCUT2D eigenvalue weighted by Gasteiger charge is -2.07. The van der Waals surface area contributed by atoms with Gasteiger partial charge >= 0.3 is 0 Å². The lowest BCUT2D eigenvalue weighted by molar-refractivity contribution is 0.0954. The topological polar surface area (TPSA) is 38.3 Å². The average Bonchev–Trinajstić information content (AvgIpc) is 2.29. The molecule has 0 heterocycles. The van der Waals surface area contributed by atoms with Gasteiger partial charge in [-0.25, -0.2) is 0 Å². The van der Waals surface area contributed by atoms with Crippen molar-refractivity contribution in [2.75, 3.05) is 18.1 Å². The minimum absolute atomic E-state index is 0.0480. The van der Waals surface area contributed by atoms with E-state index in [1.54, 1.807) is 25.3 Å². The van der Waals surface area contributed by atoms with Crippen LogP contribution in [-0.2, 0) is 0 Å². The van der Waals surface area contributed by atoms with Crippen molar-refractivity contribution >= 4 is 44.4 Å². The van der Waals surface area contributed by atoms with Crippen LogP contribution in [0.3, 0.4) is 0 Å². The number of halogens is 2. The zero-order valence-corrected chi connectivity index (χ0v) is 12.7. The fraction of sp³-hybridized carbons (Fsp3) is 0.364. The van der Waals surface area contributed by atoms with Gasteiger partial charge in [-0.1, -0.05) is 22.6 Å². The SMILES string of the molecule is COc1ccc(C(=O)NCCCI)cc1Br. The van der Waals surface area contributed by atoms with Crippen molar-refractivity contribution < 1.29 is 9.53 Å². The van der Waals surface area contributed by atoms with E-state index in [-0.39, 0.29) is 5.91 Å². The van der Waals surface area contributed by atoms with Crippen molar-refractivity contribution in [3.63, 3.8) is 0 Å². The van der Waals surface area contributed by atoms with E-state index in [1.807, 2.05) is 0 Å². The highest BCUT2D eigenvalue weighted by molar-refractivity contribution is 14.1. The Hall–Kier alpha value is -0.300. The number of hydrogen-bond acceptors (Lipinski definition) is 2. The lowest BCUT2D eigenvalue weighted by Crippen LogP contribution is -2.24. The van der Waals surface area contributed by atoms with E-state index in [0.29, 0.717) is 12.1 Å². The Balaban J connectivity index is 2.66. The maximum absolute atomic E-state index is 11.7. The van der Waals surface area contributed by atoms with Crippen molar-refractivity contribution in [3.8, 4) is 5.75 Å². The normalized spacial score (nSPS) is 9.94. The first-order valence-corrected chi connectivity index (χ1v) is 7.18. The Morgan fingerprint density at radius 1 is 1.56 bits per heavy atom. The summed E-state index contributed by atoms with van der Waals surface area (Å²) in [7, 11) is 1.60. The number of rotatable bonds is 5. The molecule has 1 N–H and O–H groups in total. The number of nitrogens with one attached hydrogen (secondary N) is 1. The second-order valence-electron chi connectivity index (χ2n) is 3.15. The monoisotopic (exact) mass is 397 g/mol. The third kappa shape index (κ3) is 3.93. The number of hydrogen-bond donors (Lipinski definition) is 1. The predicted octanol–water partition coefficient (Wildman–Crippen LogP) is 3.01. The van der Waals surface area contributed by atoms with Gasteiger partial charge in [0, 0.05) is 16.5 Å². The van der Waals surface area contributed by atoms with Crippen LogP contribution in [0.5, 0.6) is 5.75 Å². The van der Waals surface area contributed by atoms with Crippen LogP contribution >= 0.6 is 38.5 Å². The summed E-state index contributed by atoms with van der Waals surface area (Å²) in [5, 5.41) is 2.86. The molecule has 0 spiro atoms. The second kappa shape index (κ2) is 7.11. The molecule has 1 aromatic rings. The standard InChI is InChI=1S/C11H13BrINO2/c1-16-10-4-3-8(7-9(10)12)11(15)14-6-2-5-13/h3-4,7H,2,5-6H2,1H3,(H,14,15). The minimum atomic E-state index is -0.0480. The van der Waals surface area contributed by atoms with E-state index in [2.05, 4.69) is 43.8 Å². The highest BCUT2D eigenvalue weighted by atomic mass is 127. The molecule has 3 nitrogen and oxygen atoms in total. The first-order valence-electron chi connectivity index (χ1n) is 4.86. The molecule has 0 aliphatic carbocycles. The van der Waals surface area contributed by atoms with Gasteiger partial charge in [0.1, 0.15) is 5.75 Å². The van der Waals surface area contributed by atoms with Crippen molar-refractivity contribution in [2.24, 2.45) is 0 Å². The molecule has 0 bridgehead atoms. The van der Waals surface area contributed by atoms with Gasteiger partial charge in [0.25, 0.3) is 5.91 Å². The lowest BCUT2D eigenvalue weighted by atomic mass is 10.2. The van der Waals surface area contributed by atoms with E-state index in [0.717, 1.165) is 21.1 Å². The minimum Gasteiger partial charge on any atom is -0.496 e. The Bertz CT molecular complexity index is 371. The molecule has 0 aliphatic heterocycles. The molecule has 0 fully saturated rings. The number of benzene rings is 1. The van der Waals surface area contributed by atoms with Crippen LogP contribution in [-0.4, -0.2) is 24.0 Å². The quantitative estimate of drug-likeness (QED) is 0.471. The third-order valence-electron chi connectivity index (χ3n) is 2.01. The van der Waals surface area contributed by atoms with Crippen LogP contribution in [0, 0.1) is 0 Å². The van der Waals surface area contributed by atoms with Gasteiger partial charge in [0.2, 0.25) is 0 Å². The number of methoxy groups -OCH3 is 1. The Morgan fingerprint density at radius 2 is 2.31 bits per heavy atom. The molecule has 1 aromatic carbocycles. The van der Waals surface area contributed by atoms with E-state index >= 15 is 0 Å². The molecule has 0 atom stereocenters. The highest BCUT2D eigenvalue weighted by Crippen LogP contribution is 2.25. The molecule has 0 unspecified atom stereocenters. The smallest absolute Gasteiger partial charge is 0.251 e. The van der Waals surface area contributed by atoms with Gasteiger partial charge in [-0.15, -0.1) is 0 Å². The van der Waals surface area contributed by atoms with E-state index < -0.39 is 0 Å². The molecular weight excluding hydrogens is 385 g/mol. The average molecular weight is 398 g/mol. The molecule has 0 radical (unpaired) electrons. The zero-order valence-electron chi connectivity index (χ0n) is 8.93.